The van der Waals surface area contributed by atoms with Crippen molar-refractivity contribution in [2.45, 2.75) is 0 Å². The molecule has 76 valence electrons. The van der Waals surface area contributed by atoms with Crippen LogP contribution in [-0.2, 0) is 9.47 Å². The van der Waals surface area contributed by atoms with E-state index in [0.29, 0.717) is 0 Å². The lowest BCUT2D eigenvalue weighted by molar-refractivity contribution is 0.0548. The number of ether oxygens (including phenoxy) is 2. The smallest absolute Gasteiger partial charge is 0.359 e. The third-order valence-corrected chi connectivity index (χ3v) is 1.58. The second-order valence-corrected chi connectivity index (χ2v) is 2.33. The van der Waals surface area contributed by atoms with Gasteiger partial charge >= 0.3 is 11.9 Å². The predicted octanol–water partition coefficient (Wildman–Crippen LogP) is -0.830. The first-order valence-corrected chi connectivity index (χ1v) is 3.61. The summed E-state index contributed by atoms with van der Waals surface area (Å²) in [4.78, 5) is 23.1. The molecule has 0 saturated heterocycles. The fourth-order valence-corrected chi connectivity index (χ4v) is 0.922. The van der Waals surface area contributed by atoms with Gasteiger partial charge < -0.3 is 15.3 Å². The second-order valence-electron chi connectivity index (χ2n) is 2.33. The highest BCUT2D eigenvalue weighted by Crippen LogP contribution is 2.08. The number of nitrogen functional groups attached to an aromatic ring is 1. The van der Waals surface area contributed by atoms with Gasteiger partial charge in [0.25, 0.3) is 0 Å². The minimum Gasteiger partial charge on any atom is -0.465 e. The number of hydrogen-bond acceptors (Lipinski definition) is 6. The van der Waals surface area contributed by atoms with Crippen molar-refractivity contribution in [3.8, 4) is 0 Å². The Morgan fingerprint density at radius 2 is 1.93 bits per heavy atom. The molecule has 14 heavy (non-hydrogen) atoms. The van der Waals surface area contributed by atoms with Gasteiger partial charge in [0, 0.05) is 0 Å². The summed E-state index contributed by atoms with van der Waals surface area (Å²) in [6, 6.07) is 0. The topological polar surface area (TPSA) is 96.4 Å². The lowest BCUT2D eigenvalue weighted by atomic mass is 10.2. The Kier molecular flexibility index (Phi) is 2.70. The molecule has 0 atom stereocenters. The van der Waals surface area contributed by atoms with Gasteiger partial charge in [-0.2, -0.15) is 9.89 Å². The summed E-state index contributed by atoms with van der Waals surface area (Å²) in [5.74, 6) is 3.87. The van der Waals surface area contributed by atoms with E-state index in [1.165, 1.54) is 14.2 Å². The fourth-order valence-electron chi connectivity index (χ4n) is 0.922. The zero-order valence-corrected chi connectivity index (χ0v) is 7.68. The Labute approximate surface area is 79.4 Å². The predicted molar refractivity (Wildman–Crippen MR) is 45.1 cm³/mol. The molecule has 0 amide bonds. The minimum absolute atomic E-state index is 0.0261. The Morgan fingerprint density at radius 1 is 1.36 bits per heavy atom. The van der Waals surface area contributed by atoms with Crippen LogP contribution in [0.15, 0.2) is 6.20 Å². The first-order chi connectivity index (χ1) is 6.61. The van der Waals surface area contributed by atoms with Crippen LogP contribution in [0.4, 0.5) is 0 Å². The van der Waals surface area contributed by atoms with Gasteiger partial charge in [0.05, 0.1) is 20.4 Å². The average Bonchev–Trinajstić information content (AvgIpc) is 2.58. The van der Waals surface area contributed by atoms with E-state index in [-0.39, 0.29) is 11.3 Å². The first-order valence-electron chi connectivity index (χ1n) is 3.61. The number of methoxy groups -OCH3 is 2. The first kappa shape index (κ1) is 10.0. The highest BCUT2D eigenvalue weighted by Gasteiger charge is 2.23. The molecule has 0 aliphatic heterocycles. The van der Waals surface area contributed by atoms with Gasteiger partial charge in [0.15, 0.2) is 5.69 Å². The molecule has 2 N–H and O–H groups in total. The molecule has 0 fully saturated rings. The van der Waals surface area contributed by atoms with Crippen molar-refractivity contribution in [1.29, 1.82) is 0 Å². The summed E-state index contributed by atoms with van der Waals surface area (Å²) >= 11 is 0. The van der Waals surface area contributed by atoms with E-state index in [4.69, 9.17) is 5.84 Å². The molecule has 0 saturated carbocycles. The summed E-state index contributed by atoms with van der Waals surface area (Å²) in [6.45, 7) is 0. The van der Waals surface area contributed by atoms with Crippen LogP contribution in [0.1, 0.15) is 20.8 Å². The van der Waals surface area contributed by atoms with Crippen LogP contribution in [-0.4, -0.2) is 36.0 Å². The lowest BCUT2D eigenvalue weighted by Crippen LogP contribution is -2.21. The SMILES string of the molecule is COC(=O)c1cnn(N)c1C(=O)OC. The maximum absolute atomic E-state index is 11.2. The molecule has 0 aromatic carbocycles. The second kappa shape index (κ2) is 3.77. The number of esters is 2. The number of nitrogens with zero attached hydrogens (tertiary/aromatic N) is 2. The molecule has 0 spiro atoms. The number of aromatic nitrogens is 2. The van der Waals surface area contributed by atoms with E-state index in [1.54, 1.807) is 0 Å². The Bertz CT molecular complexity index is 371. The van der Waals surface area contributed by atoms with Crippen molar-refractivity contribution in [2.24, 2.45) is 0 Å². The van der Waals surface area contributed by atoms with Gasteiger partial charge in [-0.3, -0.25) is 0 Å². The van der Waals surface area contributed by atoms with Crippen molar-refractivity contribution in [1.82, 2.24) is 9.89 Å². The maximum Gasteiger partial charge on any atom is 0.359 e. The Morgan fingerprint density at radius 3 is 2.43 bits per heavy atom. The van der Waals surface area contributed by atoms with E-state index in [0.717, 1.165) is 11.0 Å². The minimum atomic E-state index is -0.745. The largest absolute Gasteiger partial charge is 0.465 e. The van der Waals surface area contributed by atoms with Crippen molar-refractivity contribution in [3.63, 3.8) is 0 Å². The van der Waals surface area contributed by atoms with Gasteiger partial charge in [0.2, 0.25) is 0 Å². The zero-order valence-electron chi connectivity index (χ0n) is 7.68. The van der Waals surface area contributed by atoms with Crippen molar-refractivity contribution >= 4 is 11.9 Å². The number of nitrogens with two attached hydrogens (primary N) is 1. The molecular weight excluding hydrogens is 190 g/mol. The van der Waals surface area contributed by atoms with Crippen LogP contribution in [0.3, 0.4) is 0 Å². The quantitative estimate of drug-likeness (QED) is 0.493. The van der Waals surface area contributed by atoms with E-state index in [1.807, 2.05) is 0 Å². The summed E-state index contributed by atoms with van der Waals surface area (Å²) in [7, 11) is 2.37. The third-order valence-electron chi connectivity index (χ3n) is 1.58. The monoisotopic (exact) mass is 199 g/mol. The molecular formula is C7H9N3O4. The van der Waals surface area contributed by atoms with E-state index < -0.39 is 11.9 Å². The zero-order chi connectivity index (χ0) is 10.7. The average molecular weight is 199 g/mol. The van der Waals surface area contributed by atoms with Crippen LogP contribution in [0, 0.1) is 0 Å². The molecule has 0 aliphatic rings. The van der Waals surface area contributed by atoms with E-state index >= 15 is 0 Å². The number of carbonyl (C=O) groups is 2. The lowest BCUT2D eigenvalue weighted by Gasteiger charge is -2.01. The molecule has 1 heterocycles. The fraction of sp³-hybridized carbons (Fsp3) is 0.286. The summed E-state index contributed by atoms with van der Waals surface area (Å²) < 4.78 is 8.85. The number of hydrogen-bond donors (Lipinski definition) is 1. The van der Waals surface area contributed by atoms with Crippen LogP contribution < -0.4 is 5.84 Å². The van der Waals surface area contributed by atoms with Gasteiger partial charge in [-0.25, -0.2) is 9.59 Å². The molecule has 7 heteroatoms. The molecule has 1 aromatic heterocycles. The molecule has 0 unspecified atom stereocenters. The van der Waals surface area contributed by atoms with Gasteiger partial charge in [-0.15, -0.1) is 0 Å². The molecule has 0 bridgehead atoms. The van der Waals surface area contributed by atoms with Gasteiger partial charge in [-0.1, -0.05) is 0 Å². The van der Waals surface area contributed by atoms with Crippen molar-refractivity contribution in [2.75, 3.05) is 20.1 Å². The molecule has 1 rings (SSSR count). The van der Waals surface area contributed by atoms with Crippen LogP contribution in [0.5, 0.6) is 0 Å². The van der Waals surface area contributed by atoms with E-state index in [2.05, 4.69) is 14.6 Å². The summed E-state index contributed by atoms with van der Waals surface area (Å²) in [5, 5.41) is 3.55. The number of carbonyl (C=O) groups excluding carboxylic acids is 2. The molecule has 0 aliphatic carbocycles. The highest BCUT2D eigenvalue weighted by molar-refractivity contribution is 6.01. The summed E-state index contributed by atoms with van der Waals surface area (Å²) in [5.41, 5.74) is -0.166. The molecule has 7 nitrogen and oxygen atoms in total. The Hall–Kier alpha value is -2.05. The third kappa shape index (κ3) is 1.51. The van der Waals surface area contributed by atoms with Crippen LogP contribution >= 0.6 is 0 Å². The van der Waals surface area contributed by atoms with E-state index in [9.17, 15) is 9.59 Å². The van der Waals surface area contributed by atoms with Gasteiger partial charge in [-0.05, 0) is 0 Å². The molecule has 0 radical (unpaired) electrons. The van der Waals surface area contributed by atoms with Crippen molar-refractivity contribution in [3.05, 3.63) is 17.5 Å². The Balaban J connectivity index is 3.19. The maximum atomic E-state index is 11.2. The van der Waals surface area contributed by atoms with Crippen molar-refractivity contribution < 1.29 is 19.1 Å². The normalized spacial score (nSPS) is 9.57. The standard InChI is InChI=1S/C7H9N3O4/c1-13-6(11)4-3-9-10(8)5(4)7(12)14-2/h3H,8H2,1-2H3. The van der Waals surface area contributed by atoms with Crippen LogP contribution in [0.2, 0.25) is 0 Å². The highest BCUT2D eigenvalue weighted by atomic mass is 16.5. The molecule has 1 aromatic rings. The van der Waals surface area contributed by atoms with Gasteiger partial charge in [0.1, 0.15) is 5.56 Å². The number of rotatable bonds is 2. The van der Waals surface area contributed by atoms with Crippen LogP contribution in [0.25, 0.3) is 0 Å². The summed E-state index contributed by atoms with van der Waals surface area (Å²) in [6.07, 6.45) is 1.14.